The highest BCUT2D eigenvalue weighted by atomic mass is 32.2. The van der Waals surface area contributed by atoms with Gasteiger partial charge >= 0.3 is 5.97 Å². The summed E-state index contributed by atoms with van der Waals surface area (Å²) in [5, 5.41) is 22.9. The van der Waals surface area contributed by atoms with Crippen molar-refractivity contribution in [2.45, 2.75) is 69.9 Å². The van der Waals surface area contributed by atoms with E-state index in [1.54, 1.807) is 56.0 Å². The van der Waals surface area contributed by atoms with Crippen molar-refractivity contribution in [1.29, 1.82) is 5.26 Å². The van der Waals surface area contributed by atoms with Crippen LogP contribution in [0.5, 0.6) is 5.75 Å². The smallest absolute Gasteiger partial charge is 0.322 e. The van der Waals surface area contributed by atoms with Crippen LogP contribution in [0.2, 0.25) is 0 Å². The predicted octanol–water partition coefficient (Wildman–Crippen LogP) is 1.47. The molecule has 1 heterocycles. The van der Waals surface area contributed by atoms with Crippen LogP contribution in [-0.2, 0) is 35.6 Å². The summed E-state index contributed by atoms with van der Waals surface area (Å²) in [5.74, 6) is -3.02. The van der Waals surface area contributed by atoms with Gasteiger partial charge in [0, 0.05) is 19.5 Å². The summed E-state index contributed by atoms with van der Waals surface area (Å²) in [7, 11) is -2.96. The van der Waals surface area contributed by atoms with Crippen molar-refractivity contribution in [2.24, 2.45) is 0 Å². The molecule has 242 valence electrons. The Bertz CT molecular complexity index is 1580. The Labute approximate surface area is 263 Å². The molecule has 0 saturated carbocycles. The maximum atomic E-state index is 13.8. The quantitative estimate of drug-likeness (QED) is 0.250. The van der Waals surface area contributed by atoms with Gasteiger partial charge in [-0.1, -0.05) is 12.1 Å². The lowest BCUT2D eigenvalue weighted by atomic mass is 10.0. The van der Waals surface area contributed by atoms with E-state index < -0.39 is 52.9 Å². The number of ether oxygens (including phenoxy) is 1. The maximum absolute atomic E-state index is 13.8. The third-order valence-electron chi connectivity index (χ3n) is 7.71. The molecule has 1 aliphatic rings. The summed E-state index contributed by atoms with van der Waals surface area (Å²) >= 11 is 0. The molecule has 2 aromatic carbocycles. The van der Waals surface area contributed by atoms with Gasteiger partial charge in [-0.2, -0.15) is 9.98 Å². The maximum Gasteiger partial charge on any atom is 0.322 e. The molecule has 4 N–H and O–H groups in total. The molecule has 0 spiro atoms. The van der Waals surface area contributed by atoms with Gasteiger partial charge in [0.1, 0.15) is 24.4 Å². The number of likely N-dealkylation sites (tertiary alicyclic amines) is 1. The van der Waals surface area contributed by atoms with Crippen LogP contribution in [0.3, 0.4) is 0 Å². The molecule has 45 heavy (non-hydrogen) atoms. The number of carboxylic acids is 1. The number of aliphatic carboxylic acids is 1. The molecule has 0 aromatic heterocycles. The molecular weight excluding hydrogens is 602 g/mol. The first kappa shape index (κ1) is 35.0. The number of methoxy groups -OCH3 is 1. The Morgan fingerprint density at radius 2 is 1.67 bits per heavy atom. The van der Waals surface area contributed by atoms with E-state index >= 15 is 0 Å². The molecule has 3 amide bonds. The predicted molar refractivity (Wildman–Crippen MR) is 164 cm³/mol. The molecule has 1 saturated heterocycles. The molecule has 2 aromatic rings. The van der Waals surface area contributed by atoms with Crippen molar-refractivity contribution in [3.8, 4) is 11.8 Å². The van der Waals surface area contributed by atoms with Gasteiger partial charge in [0.25, 0.3) is 0 Å². The second-order valence-corrected chi connectivity index (χ2v) is 12.6. The number of nitrogens with one attached hydrogen (secondary N) is 3. The number of sulfonamides is 1. The minimum atomic E-state index is -4.42. The van der Waals surface area contributed by atoms with Crippen molar-refractivity contribution in [3.63, 3.8) is 0 Å². The van der Waals surface area contributed by atoms with Gasteiger partial charge in [-0.3, -0.25) is 19.2 Å². The Balaban J connectivity index is 1.96. The number of aryl methyl sites for hydroxylation is 1. The normalized spacial score (nSPS) is 14.5. The SMILES string of the molecule is COc1cc(C)c(S(=O)(=O)N[C@@H](CC(=O)NCC(=O)O)C(=O)N[C@H](Cc2ccc(C#N)cc2)C(=O)N2CCCCC2)c(C)c1C. The Hall–Kier alpha value is -4.48. The van der Waals surface area contributed by atoms with Crippen molar-refractivity contribution >= 4 is 33.7 Å². The number of nitriles is 1. The molecule has 13 nitrogen and oxygen atoms in total. The molecule has 14 heteroatoms. The molecule has 0 radical (unpaired) electrons. The number of rotatable bonds is 13. The zero-order valence-electron chi connectivity index (χ0n) is 25.8. The minimum Gasteiger partial charge on any atom is -0.496 e. The summed E-state index contributed by atoms with van der Waals surface area (Å²) in [5.41, 5.74) is 2.37. The van der Waals surface area contributed by atoms with Crippen LogP contribution >= 0.6 is 0 Å². The van der Waals surface area contributed by atoms with E-state index in [1.165, 1.54) is 7.11 Å². The van der Waals surface area contributed by atoms with Crippen molar-refractivity contribution in [3.05, 3.63) is 58.1 Å². The van der Waals surface area contributed by atoms with Crippen molar-refractivity contribution in [2.75, 3.05) is 26.7 Å². The van der Waals surface area contributed by atoms with Gasteiger partial charge in [-0.25, -0.2) is 8.42 Å². The van der Waals surface area contributed by atoms with Crippen molar-refractivity contribution in [1.82, 2.24) is 20.3 Å². The second-order valence-electron chi connectivity index (χ2n) is 11.0. The lowest BCUT2D eigenvalue weighted by molar-refractivity contribution is -0.139. The first-order valence-corrected chi connectivity index (χ1v) is 16.0. The van der Waals surface area contributed by atoms with Crippen LogP contribution in [0, 0.1) is 32.1 Å². The molecule has 3 rings (SSSR count). The summed E-state index contributed by atoms with van der Waals surface area (Å²) < 4.78 is 35.2. The summed E-state index contributed by atoms with van der Waals surface area (Å²) in [4.78, 5) is 52.6. The van der Waals surface area contributed by atoms with Crippen LogP contribution in [-0.4, -0.2) is 80.9 Å². The summed E-state index contributed by atoms with van der Waals surface area (Å²) in [6.07, 6.45) is 1.89. The van der Waals surface area contributed by atoms with E-state index in [0.29, 0.717) is 46.7 Å². The number of nitrogens with zero attached hydrogens (tertiary/aromatic N) is 2. The number of piperidine rings is 1. The van der Waals surface area contributed by atoms with E-state index in [0.717, 1.165) is 19.3 Å². The van der Waals surface area contributed by atoms with Crippen LogP contribution in [0.25, 0.3) is 0 Å². The first-order chi connectivity index (χ1) is 21.3. The van der Waals surface area contributed by atoms with E-state index in [4.69, 9.17) is 15.1 Å². The average molecular weight is 642 g/mol. The summed E-state index contributed by atoms with van der Waals surface area (Å²) in [6.45, 7) is 5.13. The van der Waals surface area contributed by atoms with E-state index in [1.807, 2.05) is 6.07 Å². The van der Waals surface area contributed by atoms with Crippen LogP contribution < -0.4 is 20.1 Å². The lowest BCUT2D eigenvalue weighted by Crippen LogP contribution is -2.56. The molecule has 0 aliphatic carbocycles. The highest BCUT2D eigenvalue weighted by Crippen LogP contribution is 2.30. The fourth-order valence-electron chi connectivity index (χ4n) is 5.27. The zero-order chi connectivity index (χ0) is 33.3. The summed E-state index contributed by atoms with van der Waals surface area (Å²) in [6, 6.07) is 7.28. The number of carbonyl (C=O) groups excluding carboxylic acids is 3. The zero-order valence-corrected chi connectivity index (χ0v) is 26.6. The van der Waals surface area contributed by atoms with E-state index in [-0.39, 0.29) is 17.2 Å². The molecule has 1 fully saturated rings. The highest BCUT2D eigenvalue weighted by Gasteiger charge is 2.34. The van der Waals surface area contributed by atoms with Gasteiger partial charge in [0.05, 0.1) is 30.1 Å². The van der Waals surface area contributed by atoms with Gasteiger partial charge in [-0.15, -0.1) is 0 Å². The highest BCUT2D eigenvalue weighted by molar-refractivity contribution is 7.89. The molecule has 1 aliphatic heterocycles. The largest absolute Gasteiger partial charge is 0.496 e. The third kappa shape index (κ3) is 9.26. The Kier molecular flexibility index (Phi) is 12.1. The second kappa shape index (κ2) is 15.5. The van der Waals surface area contributed by atoms with E-state index in [2.05, 4.69) is 15.4 Å². The van der Waals surface area contributed by atoms with Crippen LogP contribution in [0.4, 0.5) is 0 Å². The molecule has 0 bridgehead atoms. The lowest BCUT2D eigenvalue weighted by Gasteiger charge is -2.31. The molecule has 2 atom stereocenters. The fourth-order valence-corrected chi connectivity index (χ4v) is 6.99. The van der Waals surface area contributed by atoms with Crippen LogP contribution in [0.15, 0.2) is 35.2 Å². The first-order valence-electron chi connectivity index (χ1n) is 14.5. The average Bonchev–Trinajstić information content (AvgIpc) is 3.01. The monoisotopic (exact) mass is 641 g/mol. The third-order valence-corrected chi connectivity index (χ3v) is 9.47. The number of amides is 3. The Morgan fingerprint density at radius 3 is 2.24 bits per heavy atom. The number of carboxylic acid groups (broad SMARTS) is 1. The molecular formula is C31H39N5O8S. The topological polar surface area (TPSA) is 195 Å². The van der Waals surface area contributed by atoms with Crippen molar-refractivity contribution < 1.29 is 37.4 Å². The standard InChI is InChI=1S/C31H39N5O8S/c1-19-14-26(44-4)20(2)21(3)29(19)45(42,43)35-24(16-27(37)33-18-28(38)39)30(40)34-25(31(41)36-12-6-5-7-13-36)15-22-8-10-23(17-32)11-9-22/h8-11,14,24-25,35H,5-7,12-13,15-16,18H2,1-4H3,(H,33,37)(H,34,40)(H,38,39)/t24-,25+/m0/s1. The van der Waals surface area contributed by atoms with Gasteiger partial charge in [0.15, 0.2) is 0 Å². The van der Waals surface area contributed by atoms with Gasteiger partial charge in [-0.05, 0) is 80.5 Å². The minimum absolute atomic E-state index is 0.0490. The fraction of sp³-hybridized carbons (Fsp3) is 0.452. The van der Waals surface area contributed by atoms with Gasteiger partial charge in [0.2, 0.25) is 27.7 Å². The number of carbonyl (C=O) groups is 4. The van der Waals surface area contributed by atoms with E-state index in [9.17, 15) is 27.6 Å². The number of hydrogen-bond acceptors (Lipinski definition) is 8. The molecule has 0 unspecified atom stereocenters. The number of hydrogen-bond donors (Lipinski definition) is 4. The number of benzene rings is 2. The van der Waals surface area contributed by atoms with Crippen LogP contribution in [0.1, 0.15) is 53.5 Å². The Morgan fingerprint density at radius 1 is 1.02 bits per heavy atom. The van der Waals surface area contributed by atoms with Gasteiger partial charge < -0.3 is 25.4 Å².